The standard InChI is InChI=1S/C13H15NO4/c1-3-9-18-13(16)14-11(12(15)17-2)10-7-5-4-6-8-10/h3-8,11H,1,9H2,2H3,(H,14,16). The lowest BCUT2D eigenvalue weighted by molar-refractivity contribution is -0.143. The minimum atomic E-state index is -0.881. The lowest BCUT2D eigenvalue weighted by Gasteiger charge is -2.16. The smallest absolute Gasteiger partial charge is 0.408 e. The van der Waals surface area contributed by atoms with E-state index in [1.54, 1.807) is 24.3 Å². The first-order valence-corrected chi connectivity index (χ1v) is 5.36. The molecule has 0 aliphatic rings. The largest absolute Gasteiger partial charge is 0.467 e. The Balaban J connectivity index is 2.77. The van der Waals surface area contributed by atoms with Crippen molar-refractivity contribution in [2.75, 3.05) is 13.7 Å². The minimum Gasteiger partial charge on any atom is -0.467 e. The Bertz CT molecular complexity index is 416. The molecule has 5 heteroatoms. The number of methoxy groups -OCH3 is 1. The summed E-state index contributed by atoms with van der Waals surface area (Å²) < 4.78 is 9.40. The molecule has 1 unspecified atom stereocenters. The maximum atomic E-state index is 11.6. The van der Waals surface area contributed by atoms with Gasteiger partial charge in [-0.15, -0.1) is 0 Å². The maximum absolute atomic E-state index is 11.6. The number of benzene rings is 1. The van der Waals surface area contributed by atoms with E-state index in [1.807, 2.05) is 6.07 Å². The van der Waals surface area contributed by atoms with Crippen molar-refractivity contribution in [3.63, 3.8) is 0 Å². The average molecular weight is 249 g/mol. The molecule has 0 heterocycles. The molecule has 0 aromatic heterocycles. The molecular formula is C13H15NO4. The van der Waals surface area contributed by atoms with Gasteiger partial charge in [-0.1, -0.05) is 43.0 Å². The summed E-state index contributed by atoms with van der Waals surface area (Å²) in [5.41, 5.74) is 0.625. The van der Waals surface area contributed by atoms with Crippen LogP contribution in [0.2, 0.25) is 0 Å². The zero-order valence-electron chi connectivity index (χ0n) is 10.1. The second-order valence-corrected chi connectivity index (χ2v) is 3.40. The molecule has 0 radical (unpaired) electrons. The normalized spacial score (nSPS) is 11.2. The maximum Gasteiger partial charge on any atom is 0.408 e. The van der Waals surface area contributed by atoms with Gasteiger partial charge in [0.25, 0.3) is 0 Å². The van der Waals surface area contributed by atoms with Gasteiger partial charge in [0.05, 0.1) is 7.11 Å². The Labute approximate surface area is 105 Å². The Morgan fingerprint density at radius 3 is 2.61 bits per heavy atom. The zero-order chi connectivity index (χ0) is 13.4. The van der Waals surface area contributed by atoms with Crippen LogP contribution < -0.4 is 5.32 Å². The van der Waals surface area contributed by atoms with Crippen LogP contribution in [0.25, 0.3) is 0 Å². The number of carbonyl (C=O) groups is 2. The van der Waals surface area contributed by atoms with Crippen molar-refractivity contribution in [1.29, 1.82) is 0 Å². The highest BCUT2D eigenvalue weighted by molar-refractivity contribution is 5.82. The molecule has 1 amide bonds. The molecule has 1 N–H and O–H groups in total. The van der Waals surface area contributed by atoms with Crippen LogP contribution in [-0.4, -0.2) is 25.8 Å². The van der Waals surface area contributed by atoms with Crippen LogP contribution in [0.3, 0.4) is 0 Å². The lowest BCUT2D eigenvalue weighted by atomic mass is 10.1. The number of rotatable bonds is 5. The van der Waals surface area contributed by atoms with Crippen molar-refractivity contribution < 1.29 is 19.1 Å². The van der Waals surface area contributed by atoms with Gasteiger partial charge in [0, 0.05) is 0 Å². The van der Waals surface area contributed by atoms with Gasteiger partial charge in [-0.05, 0) is 5.56 Å². The zero-order valence-corrected chi connectivity index (χ0v) is 10.1. The van der Waals surface area contributed by atoms with E-state index >= 15 is 0 Å². The molecule has 18 heavy (non-hydrogen) atoms. The third-order valence-corrected chi connectivity index (χ3v) is 2.16. The van der Waals surface area contributed by atoms with Crippen molar-refractivity contribution in [3.8, 4) is 0 Å². The van der Waals surface area contributed by atoms with Crippen LogP contribution in [0, 0.1) is 0 Å². The molecule has 0 fully saturated rings. The van der Waals surface area contributed by atoms with Gasteiger partial charge in [0.15, 0.2) is 6.04 Å². The van der Waals surface area contributed by atoms with E-state index in [2.05, 4.69) is 16.6 Å². The molecule has 0 saturated carbocycles. The summed E-state index contributed by atoms with van der Waals surface area (Å²) in [6.45, 7) is 3.50. The Kier molecular flexibility index (Phi) is 5.44. The van der Waals surface area contributed by atoms with E-state index in [4.69, 9.17) is 4.74 Å². The van der Waals surface area contributed by atoms with E-state index in [-0.39, 0.29) is 6.61 Å². The summed E-state index contributed by atoms with van der Waals surface area (Å²) in [6, 6.07) is 7.90. The lowest BCUT2D eigenvalue weighted by Crippen LogP contribution is -2.34. The van der Waals surface area contributed by atoms with Gasteiger partial charge in [-0.3, -0.25) is 0 Å². The van der Waals surface area contributed by atoms with E-state index in [0.717, 1.165) is 0 Å². The summed E-state index contributed by atoms with van der Waals surface area (Å²) in [5.74, 6) is -0.559. The topological polar surface area (TPSA) is 64.6 Å². The number of carbonyl (C=O) groups excluding carboxylic acids is 2. The van der Waals surface area contributed by atoms with Gasteiger partial charge in [0.1, 0.15) is 6.61 Å². The Morgan fingerprint density at radius 2 is 2.06 bits per heavy atom. The van der Waals surface area contributed by atoms with E-state index in [1.165, 1.54) is 13.2 Å². The molecule has 0 bridgehead atoms. The number of alkyl carbamates (subject to hydrolysis) is 1. The predicted molar refractivity (Wildman–Crippen MR) is 65.9 cm³/mol. The summed E-state index contributed by atoms with van der Waals surface area (Å²) in [7, 11) is 1.26. The van der Waals surface area contributed by atoms with Gasteiger partial charge >= 0.3 is 12.1 Å². The van der Waals surface area contributed by atoms with Crippen LogP contribution in [0.5, 0.6) is 0 Å². The Hall–Kier alpha value is -2.30. The quantitative estimate of drug-likeness (QED) is 0.638. The highest BCUT2D eigenvalue weighted by Gasteiger charge is 2.23. The first-order chi connectivity index (χ1) is 8.69. The van der Waals surface area contributed by atoms with Gasteiger partial charge in [-0.25, -0.2) is 9.59 Å². The van der Waals surface area contributed by atoms with Crippen LogP contribution in [0.1, 0.15) is 11.6 Å². The molecule has 1 aromatic carbocycles. The van der Waals surface area contributed by atoms with Crippen molar-refractivity contribution >= 4 is 12.1 Å². The first-order valence-electron chi connectivity index (χ1n) is 5.36. The van der Waals surface area contributed by atoms with E-state index < -0.39 is 18.1 Å². The number of ether oxygens (including phenoxy) is 2. The highest BCUT2D eigenvalue weighted by atomic mass is 16.6. The fourth-order valence-electron chi connectivity index (χ4n) is 1.34. The summed E-state index contributed by atoms with van der Waals surface area (Å²) in [6.07, 6.45) is 0.740. The molecule has 0 aliphatic heterocycles. The fraction of sp³-hybridized carbons (Fsp3) is 0.231. The van der Waals surface area contributed by atoms with Crippen LogP contribution in [-0.2, 0) is 14.3 Å². The van der Waals surface area contributed by atoms with Crippen molar-refractivity contribution in [2.24, 2.45) is 0 Å². The highest BCUT2D eigenvalue weighted by Crippen LogP contribution is 2.14. The second kappa shape index (κ2) is 7.11. The number of hydrogen-bond donors (Lipinski definition) is 1. The number of hydrogen-bond acceptors (Lipinski definition) is 4. The summed E-state index contributed by atoms with van der Waals surface area (Å²) in [4.78, 5) is 23.0. The first kappa shape index (κ1) is 13.8. The van der Waals surface area contributed by atoms with Gasteiger partial charge in [0.2, 0.25) is 0 Å². The average Bonchev–Trinajstić information content (AvgIpc) is 2.42. The molecule has 1 atom stereocenters. The Morgan fingerprint density at radius 1 is 1.39 bits per heavy atom. The third kappa shape index (κ3) is 3.93. The summed E-state index contributed by atoms with van der Waals surface area (Å²) in [5, 5.41) is 2.44. The predicted octanol–water partition coefficient (Wildman–Crippen LogP) is 1.81. The van der Waals surface area contributed by atoms with Crippen LogP contribution >= 0.6 is 0 Å². The van der Waals surface area contributed by atoms with E-state index in [9.17, 15) is 9.59 Å². The minimum absolute atomic E-state index is 0.0779. The van der Waals surface area contributed by atoms with Crippen LogP contribution in [0.4, 0.5) is 4.79 Å². The van der Waals surface area contributed by atoms with Crippen molar-refractivity contribution in [1.82, 2.24) is 5.32 Å². The molecule has 0 spiro atoms. The number of esters is 1. The number of amides is 1. The molecule has 0 saturated heterocycles. The SMILES string of the molecule is C=CCOC(=O)NC(C(=O)OC)c1ccccc1. The number of nitrogens with one attached hydrogen (secondary N) is 1. The molecule has 1 aromatic rings. The van der Waals surface area contributed by atoms with Crippen LogP contribution in [0.15, 0.2) is 43.0 Å². The van der Waals surface area contributed by atoms with E-state index in [0.29, 0.717) is 5.56 Å². The monoisotopic (exact) mass is 249 g/mol. The second-order valence-electron chi connectivity index (χ2n) is 3.40. The molecular weight excluding hydrogens is 234 g/mol. The van der Waals surface area contributed by atoms with Crippen molar-refractivity contribution in [3.05, 3.63) is 48.6 Å². The third-order valence-electron chi connectivity index (χ3n) is 2.16. The molecule has 5 nitrogen and oxygen atoms in total. The molecule has 1 rings (SSSR count). The van der Waals surface area contributed by atoms with Crippen molar-refractivity contribution in [2.45, 2.75) is 6.04 Å². The molecule has 0 aliphatic carbocycles. The summed E-state index contributed by atoms with van der Waals surface area (Å²) >= 11 is 0. The van der Waals surface area contributed by atoms with Gasteiger partial charge in [-0.2, -0.15) is 0 Å². The molecule has 96 valence electrons. The fourth-order valence-corrected chi connectivity index (χ4v) is 1.34. The van der Waals surface area contributed by atoms with Gasteiger partial charge < -0.3 is 14.8 Å².